The van der Waals surface area contributed by atoms with Gasteiger partial charge in [-0.25, -0.2) is 9.59 Å². The fourth-order valence-electron chi connectivity index (χ4n) is 4.67. The van der Waals surface area contributed by atoms with E-state index in [1.807, 2.05) is 24.3 Å². The van der Waals surface area contributed by atoms with Crippen molar-refractivity contribution in [3.63, 3.8) is 0 Å². The quantitative estimate of drug-likeness (QED) is 0.313. The van der Waals surface area contributed by atoms with E-state index in [2.05, 4.69) is 24.9 Å². The number of ether oxygens (including phenoxy) is 4. The molecule has 1 N–H and O–H groups in total. The number of carbonyl (C=O) groups excluding carboxylic acids is 2. The first kappa shape index (κ1) is 22.4. The summed E-state index contributed by atoms with van der Waals surface area (Å²) >= 11 is 0. The Morgan fingerprint density at radius 2 is 2.16 bits per heavy atom. The van der Waals surface area contributed by atoms with Crippen LogP contribution in [0.1, 0.15) is 38.2 Å². The van der Waals surface area contributed by atoms with Gasteiger partial charge in [-0.2, -0.15) is 0 Å². The molecule has 4 atom stereocenters. The maximum absolute atomic E-state index is 12.2. The minimum Gasteiger partial charge on any atom is -0.496 e. The fraction of sp³-hybridized carbons (Fsp3) is 0.520. The van der Waals surface area contributed by atoms with E-state index in [9.17, 15) is 9.59 Å². The van der Waals surface area contributed by atoms with E-state index in [0.29, 0.717) is 18.5 Å². The molecule has 2 heterocycles. The van der Waals surface area contributed by atoms with Gasteiger partial charge in [-0.3, -0.25) is 0 Å². The van der Waals surface area contributed by atoms with Crippen molar-refractivity contribution >= 4 is 12.1 Å². The second-order valence-electron chi connectivity index (χ2n) is 8.86. The minimum atomic E-state index is -0.447. The van der Waals surface area contributed by atoms with Gasteiger partial charge >= 0.3 is 12.1 Å². The van der Waals surface area contributed by atoms with Crippen LogP contribution in [-0.4, -0.2) is 50.1 Å². The molecule has 0 spiro atoms. The smallest absolute Gasteiger partial charge is 0.407 e. The van der Waals surface area contributed by atoms with E-state index in [-0.39, 0.29) is 36.3 Å². The highest BCUT2D eigenvalue weighted by Gasteiger charge is 2.61. The molecule has 1 amide bonds. The molecule has 2 fully saturated rings. The average molecular weight is 442 g/mol. The van der Waals surface area contributed by atoms with Gasteiger partial charge in [-0.05, 0) is 56.2 Å². The number of rotatable bonds is 6. The topological polar surface area (TPSA) is 86.4 Å². The number of hydrogen-bond donors (Lipinski definition) is 1. The van der Waals surface area contributed by atoms with Gasteiger partial charge in [0.15, 0.2) is 0 Å². The molecule has 0 saturated carbocycles. The SMILES string of the molecule is C=C1C(=O)O[C@H]2[C@H]1CC/C(COC(=O)NCCc1ccccc1OC)=C\CC[C@@]1(C)O[C@@H]21. The molecule has 0 bridgehead atoms. The largest absolute Gasteiger partial charge is 0.496 e. The van der Waals surface area contributed by atoms with Crippen LogP contribution in [0, 0.1) is 5.92 Å². The average Bonchev–Trinajstić information content (AvgIpc) is 3.38. The van der Waals surface area contributed by atoms with Gasteiger partial charge < -0.3 is 24.3 Å². The first-order valence-electron chi connectivity index (χ1n) is 11.2. The molecule has 1 aliphatic carbocycles. The van der Waals surface area contributed by atoms with E-state index >= 15 is 0 Å². The number of methoxy groups -OCH3 is 1. The van der Waals surface area contributed by atoms with Crippen LogP contribution in [0.2, 0.25) is 0 Å². The van der Waals surface area contributed by atoms with Crippen molar-refractivity contribution in [2.75, 3.05) is 20.3 Å². The number of nitrogens with one attached hydrogen (secondary N) is 1. The van der Waals surface area contributed by atoms with Crippen LogP contribution in [0.5, 0.6) is 5.75 Å². The van der Waals surface area contributed by atoms with Gasteiger partial charge in [0.1, 0.15) is 24.6 Å². The van der Waals surface area contributed by atoms with Crippen LogP contribution in [0.25, 0.3) is 0 Å². The van der Waals surface area contributed by atoms with Gasteiger partial charge in [0.25, 0.3) is 0 Å². The molecule has 1 aromatic rings. The zero-order valence-corrected chi connectivity index (χ0v) is 18.7. The number of hydrogen-bond acceptors (Lipinski definition) is 6. The van der Waals surface area contributed by atoms with E-state index in [0.717, 1.165) is 42.6 Å². The lowest BCUT2D eigenvalue weighted by Crippen LogP contribution is -2.29. The maximum Gasteiger partial charge on any atom is 0.407 e. The second-order valence-corrected chi connectivity index (χ2v) is 8.86. The number of benzene rings is 1. The summed E-state index contributed by atoms with van der Waals surface area (Å²) in [5.74, 6) is 0.415. The number of para-hydroxylation sites is 1. The Morgan fingerprint density at radius 1 is 1.34 bits per heavy atom. The molecule has 7 nitrogen and oxygen atoms in total. The predicted octanol–water partition coefficient (Wildman–Crippen LogP) is 3.72. The lowest BCUT2D eigenvalue weighted by molar-refractivity contribution is -0.140. The summed E-state index contributed by atoms with van der Waals surface area (Å²) in [4.78, 5) is 24.3. The molecule has 0 radical (unpaired) electrons. The van der Waals surface area contributed by atoms with Gasteiger partial charge in [-0.1, -0.05) is 30.9 Å². The Morgan fingerprint density at radius 3 is 2.97 bits per heavy atom. The third-order valence-electron chi connectivity index (χ3n) is 6.68. The van der Waals surface area contributed by atoms with Crippen LogP contribution in [-0.2, 0) is 25.4 Å². The Balaban J connectivity index is 1.28. The lowest BCUT2D eigenvalue weighted by Gasteiger charge is -2.20. The molecule has 172 valence electrons. The first-order chi connectivity index (χ1) is 15.4. The molecule has 1 aromatic carbocycles. The van der Waals surface area contributed by atoms with E-state index < -0.39 is 6.09 Å². The zero-order valence-electron chi connectivity index (χ0n) is 18.7. The molecule has 4 rings (SSSR count). The number of epoxide rings is 1. The highest BCUT2D eigenvalue weighted by atomic mass is 16.6. The highest BCUT2D eigenvalue weighted by molar-refractivity contribution is 5.91. The van der Waals surface area contributed by atoms with Crippen molar-refractivity contribution in [2.24, 2.45) is 5.92 Å². The predicted molar refractivity (Wildman–Crippen MR) is 118 cm³/mol. The summed E-state index contributed by atoms with van der Waals surface area (Å²) in [6.45, 7) is 6.68. The molecular weight excluding hydrogens is 410 g/mol. The summed E-state index contributed by atoms with van der Waals surface area (Å²) in [6.07, 6.45) is 5.11. The molecule has 7 heteroatoms. The second kappa shape index (κ2) is 9.36. The van der Waals surface area contributed by atoms with Crippen molar-refractivity contribution in [2.45, 2.75) is 56.8 Å². The summed E-state index contributed by atoms with van der Waals surface area (Å²) in [6, 6.07) is 7.73. The Labute approximate surface area is 188 Å². The molecule has 0 aromatic heterocycles. The number of alkyl carbamates (subject to hydrolysis) is 1. The van der Waals surface area contributed by atoms with Gasteiger partial charge in [-0.15, -0.1) is 0 Å². The van der Waals surface area contributed by atoms with Crippen LogP contribution >= 0.6 is 0 Å². The van der Waals surface area contributed by atoms with E-state index in [1.54, 1.807) is 7.11 Å². The van der Waals surface area contributed by atoms with Gasteiger partial charge in [0.2, 0.25) is 0 Å². The number of carbonyl (C=O) groups is 2. The van der Waals surface area contributed by atoms with Crippen molar-refractivity contribution in [1.82, 2.24) is 5.32 Å². The molecule has 3 aliphatic rings. The molecule has 2 saturated heterocycles. The standard InChI is InChI=1S/C25H31NO6/c1-16-19-11-10-17(7-6-13-25(2)22(32-25)21(19)31-23(16)27)15-30-24(28)26-14-12-18-8-4-5-9-20(18)29-3/h4-5,7-9,19,21-22H,1,6,10-15H2,2-3H3,(H,26,28)/b17-7+/t19-,21-,22-,25+/m0/s1. The summed E-state index contributed by atoms with van der Waals surface area (Å²) in [5.41, 5.74) is 2.31. The summed E-state index contributed by atoms with van der Waals surface area (Å²) in [5, 5.41) is 2.80. The van der Waals surface area contributed by atoms with Crippen LogP contribution in [0.3, 0.4) is 0 Å². The number of allylic oxidation sites excluding steroid dienone is 1. The first-order valence-corrected chi connectivity index (χ1v) is 11.2. The zero-order chi connectivity index (χ0) is 22.7. The number of amides is 1. The van der Waals surface area contributed by atoms with Crippen LogP contribution < -0.4 is 10.1 Å². The van der Waals surface area contributed by atoms with Gasteiger partial charge in [0.05, 0.1) is 12.7 Å². The van der Waals surface area contributed by atoms with Crippen molar-refractivity contribution in [3.05, 3.63) is 53.6 Å². The highest BCUT2D eigenvalue weighted by Crippen LogP contribution is 2.49. The van der Waals surface area contributed by atoms with Crippen LogP contribution in [0.4, 0.5) is 4.79 Å². The maximum atomic E-state index is 12.2. The van der Waals surface area contributed by atoms with Crippen molar-refractivity contribution in [1.29, 1.82) is 0 Å². The van der Waals surface area contributed by atoms with Crippen LogP contribution in [0.15, 0.2) is 48.1 Å². The van der Waals surface area contributed by atoms with Crippen molar-refractivity contribution in [3.8, 4) is 5.75 Å². The lowest BCUT2D eigenvalue weighted by atomic mass is 9.84. The fourth-order valence-corrected chi connectivity index (χ4v) is 4.67. The third-order valence-corrected chi connectivity index (χ3v) is 6.68. The molecular formula is C25H31NO6. The third kappa shape index (κ3) is 4.83. The monoisotopic (exact) mass is 441 g/mol. The van der Waals surface area contributed by atoms with Gasteiger partial charge in [0, 0.05) is 18.0 Å². The van der Waals surface area contributed by atoms with E-state index in [1.165, 1.54) is 0 Å². The van der Waals surface area contributed by atoms with Crippen molar-refractivity contribution < 1.29 is 28.5 Å². The summed E-state index contributed by atoms with van der Waals surface area (Å²) < 4.78 is 22.3. The molecule has 0 unspecified atom stereocenters. The van der Waals surface area contributed by atoms with E-state index in [4.69, 9.17) is 18.9 Å². The number of fused-ring (bicyclic) bond motifs is 3. The normalized spacial score (nSPS) is 30.8. The Bertz CT molecular complexity index is 925. The molecule has 2 aliphatic heterocycles. The Hall–Kier alpha value is -2.80. The summed E-state index contributed by atoms with van der Waals surface area (Å²) in [7, 11) is 1.63. The Kier molecular flexibility index (Phi) is 6.55. The number of esters is 1. The molecule has 32 heavy (non-hydrogen) atoms. The minimum absolute atomic E-state index is 0.0593.